The molecule has 0 aliphatic heterocycles. The van der Waals surface area contributed by atoms with Crippen molar-refractivity contribution in [2.75, 3.05) is 0 Å². The van der Waals surface area contributed by atoms with E-state index in [2.05, 4.69) is 4.98 Å². The number of hydrogen-bond acceptors (Lipinski definition) is 3. The van der Waals surface area contributed by atoms with Crippen molar-refractivity contribution in [1.29, 1.82) is 0 Å². The molecule has 0 fully saturated rings. The van der Waals surface area contributed by atoms with Gasteiger partial charge in [0.05, 0.1) is 10.5 Å². The average Bonchev–Trinajstić information content (AvgIpc) is 2.49. The molecule has 0 atom stereocenters. The van der Waals surface area contributed by atoms with Crippen LogP contribution in [0.3, 0.4) is 0 Å². The average molecular weight is 313 g/mol. The van der Waals surface area contributed by atoms with Crippen LogP contribution in [-0.4, -0.2) is 16.0 Å². The van der Waals surface area contributed by atoms with Gasteiger partial charge in [-0.15, -0.1) is 0 Å². The molecule has 1 heterocycles. The highest BCUT2D eigenvalue weighted by Gasteiger charge is 2.19. The summed E-state index contributed by atoms with van der Waals surface area (Å²) in [4.78, 5) is 15.9. The second kappa shape index (κ2) is 5.31. The maximum absolute atomic E-state index is 11.6. The number of carbonyl (C=O) groups is 1. The van der Waals surface area contributed by atoms with Crippen molar-refractivity contribution in [2.45, 2.75) is 6.92 Å². The SMILES string of the molecule is Cc1ccc(O)cc1-c1c(Cl)c(C(N)=O)nc2ccccc12. The number of pyridine rings is 1. The van der Waals surface area contributed by atoms with E-state index in [0.717, 1.165) is 16.5 Å². The number of hydrogen-bond donors (Lipinski definition) is 2. The second-order valence-electron chi connectivity index (χ2n) is 5.03. The molecule has 0 unspecified atom stereocenters. The fourth-order valence-corrected chi connectivity index (χ4v) is 2.83. The quantitative estimate of drug-likeness (QED) is 0.758. The molecule has 0 saturated carbocycles. The van der Waals surface area contributed by atoms with Crippen LogP contribution < -0.4 is 5.73 Å². The molecule has 0 saturated heterocycles. The summed E-state index contributed by atoms with van der Waals surface area (Å²) >= 11 is 6.40. The Balaban J connectivity index is 2.48. The summed E-state index contributed by atoms with van der Waals surface area (Å²) in [6.45, 7) is 1.91. The molecule has 0 aliphatic carbocycles. The molecular formula is C17H13ClN2O2. The topological polar surface area (TPSA) is 76.2 Å². The van der Waals surface area contributed by atoms with Crippen LogP contribution in [0.15, 0.2) is 42.5 Å². The Morgan fingerprint density at radius 2 is 1.95 bits per heavy atom. The van der Waals surface area contributed by atoms with E-state index in [-0.39, 0.29) is 16.5 Å². The Morgan fingerprint density at radius 3 is 2.68 bits per heavy atom. The Kier molecular flexibility index (Phi) is 3.47. The van der Waals surface area contributed by atoms with Crippen LogP contribution in [0.1, 0.15) is 16.1 Å². The number of primary amides is 1. The van der Waals surface area contributed by atoms with Crippen molar-refractivity contribution in [3.63, 3.8) is 0 Å². The number of para-hydroxylation sites is 1. The number of benzene rings is 2. The Hall–Kier alpha value is -2.59. The monoisotopic (exact) mass is 312 g/mol. The van der Waals surface area contributed by atoms with Crippen LogP contribution in [-0.2, 0) is 0 Å². The molecule has 1 amide bonds. The Bertz CT molecular complexity index is 907. The molecule has 0 aliphatic rings. The van der Waals surface area contributed by atoms with Gasteiger partial charge in [-0.25, -0.2) is 4.98 Å². The number of phenols is 1. The number of aromatic hydroxyl groups is 1. The fraction of sp³-hybridized carbons (Fsp3) is 0.0588. The first-order valence-corrected chi connectivity index (χ1v) is 7.05. The minimum atomic E-state index is -0.685. The normalized spacial score (nSPS) is 10.8. The van der Waals surface area contributed by atoms with E-state index < -0.39 is 5.91 Å². The van der Waals surface area contributed by atoms with E-state index in [1.54, 1.807) is 24.3 Å². The van der Waals surface area contributed by atoms with Crippen LogP contribution >= 0.6 is 11.6 Å². The van der Waals surface area contributed by atoms with Gasteiger partial charge in [-0.3, -0.25) is 4.79 Å². The van der Waals surface area contributed by atoms with E-state index >= 15 is 0 Å². The van der Waals surface area contributed by atoms with Gasteiger partial charge in [-0.2, -0.15) is 0 Å². The van der Waals surface area contributed by atoms with Crippen molar-refractivity contribution < 1.29 is 9.90 Å². The van der Waals surface area contributed by atoms with Crippen LogP contribution in [0, 0.1) is 6.92 Å². The molecule has 2 aromatic carbocycles. The molecule has 0 spiro atoms. The van der Waals surface area contributed by atoms with E-state index in [9.17, 15) is 9.90 Å². The first-order valence-electron chi connectivity index (χ1n) is 6.67. The van der Waals surface area contributed by atoms with E-state index in [0.29, 0.717) is 11.1 Å². The molecule has 4 nitrogen and oxygen atoms in total. The predicted molar refractivity (Wildman–Crippen MR) is 87.1 cm³/mol. The third-order valence-electron chi connectivity index (χ3n) is 3.56. The van der Waals surface area contributed by atoms with Gasteiger partial charge in [0.15, 0.2) is 0 Å². The van der Waals surface area contributed by atoms with Crippen LogP contribution in [0.2, 0.25) is 5.02 Å². The lowest BCUT2D eigenvalue weighted by atomic mass is 9.96. The summed E-state index contributed by atoms with van der Waals surface area (Å²) in [6.07, 6.45) is 0. The molecular weight excluding hydrogens is 300 g/mol. The maximum Gasteiger partial charge on any atom is 0.268 e. The minimum Gasteiger partial charge on any atom is -0.508 e. The Labute approximate surface area is 132 Å². The number of aryl methyl sites for hydroxylation is 1. The number of amides is 1. The molecule has 5 heteroatoms. The highest BCUT2D eigenvalue weighted by Crippen LogP contribution is 2.39. The molecule has 110 valence electrons. The molecule has 0 bridgehead atoms. The minimum absolute atomic E-state index is 0.0260. The number of nitrogens with two attached hydrogens (primary N) is 1. The van der Waals surface area contributed by atoms with Crippen LogP contribution in [0.5, 0.6) is 5.75 Å². The fourth-order valence-electron chi connectivity index (χ4n) is 2.49. The summed E-state index contributed by atoms with van der Waals surface area (Å²) in [5, 5.41) is 10.8. The van der Waals surface area contributed by atoms with Gasteiger partial charge in [-0.05, 0) is 36.2 Å². The van der Waals surface area contributed by atoms with Gasteiger partial charge in [0.2, 0.25) is 0 Å². The van der Waals surface area contributed by atoms with Crippen LogP contribution in [0.25, 0.3) is 22.0 Å². The number of rotatable bonds is 2. The zero-order valence-corrected chi connectivity index (χ0v) is 12.6. The molecule has 1 aromatic heterocycles. The van der Waals surface area contributed by atoms with Gasteiger partial charge in [0, 0.05) is 10.9 Å². The third-order valence-corrected chi connectivity index (χ3v) is 3.92. The van der Waals surface area contributed by atoms with E-state index in [1.807, 2.05) is 25.1 Å². The smallest absolute Gasteiger partial charge is 0.268 e. The number of phenolic OH excluding ortho intramolecular Hbond substituents is 1. The van der Waals surface area contributed by atoms with Crippen molar-refractivity contribution in [2.24, 2.45) is 5.73 Å². The van der Waals surface area contributed by atoms with Crippen molar-refractivity contribution in [1.82, 2.24) is 4.98 Å². The summed E-state index contributed by atoms with van der Waals surface area (Å²) in [6, 6.07) is 12.4. The predicted octanol–water partition coefficient (Wildman–Crippen LogP) is 3.67. The molecule has 0 radical (unpaired) electrons. The highest BCUT2D eigenvalue weighted by molar-refractivity contribution is 6.37. The highest BCUT2D eigenvalue weighted by atomic mass is 35.5. The second-order valence-corrected chi connectivity index (χ2v) is 5.41. The van der Waals surface area contributed by atoms with E-state index in [1.165, 1.54) is 0 Å². The summed E-state index contributed by atoms with van der Waals surface area (Å²) < 4.78 is 0. The third kappa shape index (κ3) is 2.27. The van der Waals surface area contributed by atoms with Gasteiger partial charge in [0.1, 0.15) is 11.4 Å². The largest absolute Gasteiger partial charge is 0.508 e. The molecule has 3 rings (SSSR count). The zero-order valence-electron chi connectivity index (χ0n) is 11.8. The number of halogens is 1. The van der Waals surface area contributed by atoms with Gasteiger partial charge in [0.25, 0.3) is 5.91 Å². The van der Waals surface area contributed by atoms with Gasteiger partial charge >= 0.3 is 0 Å². The number of carbonyl (C=O) groups excluding carboxylic acids is 1. The zero-order chi connectivity index (χ0) is 15.9. The first-order chi connectivity index (χ1) is 10.5. The molecule has 22 heavy (non-hydrogen) atoms. The lowest BCUT2D eigenvalue weighted by molar-refractivity contribution is 0.0996. The van der Waals surface area contributed by atoms with Crippen molar-refractivity contribution in [3.8, 4) is 16.9 Å². The summed E-state index contributed by atoms with van der Waals surface area (Å²) in [5.74, 6) is -0.562. The van der Waals surface area contributed by atoms with E-state index in [4.69, 9.17) is 17.3 Å². The van der Waals surface area contributed by atoms with Crippen LogP contribution in [0.4, 0.5) is 0 Å². The lowest BCUT2D eigenvalue weighted by Crippen LogP contribution is -2.14. The molecule has 3 aromatic rings. The van der Waals surface area contributed by atoms with Gasteiger partial charge in [-0.1, -0.05) is 35.9 Å². The van der Waals surface area contributed by atoms with Gasteiger partial charge < -0.3 is 10.8 Å². The van der Waals surface area contributed by atoms with Crippen molar-refractivity contribution in [3.05, 3.63) is 58.7 Å². The molecule has 3 N–H and O–H groups in total. The standard InChI is InChI=1S/C17H13ClN2O2/c1-9-6-7-10(21)8-12(9)14-11-4-2-3-5-13(11)20-16(15(14)18)17(19)22/h2-8,21H,1H3,(H2,19,22). The Morgan fingerprint density at radius 1 is 1.23 bits per heavy atom. The maximum atomic E-state index is 11.6. The first kappa shape index (κ1) is 14.4. The lowest BCUT2D eigenvalue weighted by Gasteiger charge is -2.14. The van der Waals surface area contributed by atoms with Crippen molar-refractivity contribution >= 4 is 28.4 Å². The summed E-state index contributed by atoms with van der Waals surface area (Å²) in [7, 11) is 0. The summed E-state index contributed by atoms with van der Waals surface area (Å²) in [5.41, 5.74) is 8.35. The number of fused-ring (bicyclic) bond motifs is 1. The number of aromatic nitrogens is 1. The number of nitrogens with zero attached hydrogens (tertiary/aromatic N) is 1.